The highest BCUT2D eigenvalue weighted by molar-refractivity contribution is 7.89. The number of nitrogens with zero attached hydrogens (tertiary/aromatic N) is 4. The van der Waals surface area contributed by atoms with Gasteiger partial charge < -0.3 is 15.0 Å². The summed E-state index contributed by atoms with van der Waals surface area (Å²) in [5.74, 6) is 0.318. The summed E-state index contributed by atoms with van der Waals surface area (Å²) in [4.78, 5) is 23.3. The first-order chi connectivity index (χ1) is 15.0. The molecule has 1 N–H and O–H groups in total. The van der Waals surface area contributed by atoms with Crippen LogP contribution in [0.15, 0.2) is 41.6 Å². The third kappa shape index (κ3) is 4.82. The van der Waals surface area contributed by atoms with Gasteiger partial charge in [-0.25, -0.2) is 18.4 Å². The van der Waals surface area contributed by atoms with Crippen LogP contribution in [-0.4, -0.2) is 68.0 Å². The minimum atomic E-state index is -3.74. The van der Waals surface area contributed by atoms with Gasteiger partial charge in [0.05, 0.1) is 18.9 Å². The lowest BCUT2D eigenvalue weighted by molar-refractivity contribution is -0.120. The molecule has 4 heterocycles. The SMILES string of the molecule is O=C(Nc1cccnc1N1CCOCC1)C1CCN(S(=O)(=O)c2cccnc2Cl)CC1. The number of nitrogens with one attached hydrogen (secondary N) is 1. The smallest absolute Gasteiger partial charge is 0.246 e. The van der Waals surface area contributed by atoms with Crippen LogP contribution in [0, 0.1) is 5.92 Å². The van der Waals surface area contributed by atoms with E-state index in [1.165, 1.54) is 16.6 Å². The molecule has 0 radical (unpaired) electrons. The number of aromatic nitrogens is 2. The number of halogens is 1. The number of rotatable bonds is 5. The second kappa shape index (κ2) is 9.47. The predicted molar refractivity (Wildman–Crippen MR) is 117 cm³/mol. The average Bonchev–Trinajstić information content (AvgIpc) is 2.80. The largest absolute Gasteiger partial charge is 0.378 e. The Balaban J connectivity index is 1.40. The number of carbonyl (C=O) groups is 1. The highest BCUT2D eigenvalue weighted by Gasteiger charge is 2.33. The number of carbonyl (C=O) groups excluding carboxylic acids is 1. The van der Waals surface area contributed by atoms with Crippen LogP contribution < -0.4 is 10.2 Å². The van der Waals surface area contributed by atoms with E-state index in [-0.39, 0.29) is 35.0 Å². The Labute approximate surface area is 186 Å². The van der Waals surface area contributed by atoms with E-state index < -0.39 is 10.0 Å². The molecule has 9 nitrogen and oxygen atoms in total. The number of sulfonamides is 1. The summed E-state index contributed by atoms with van der Waals surface area (Å²) in [6.45, 7) is 3.17. The van der Waals surface area contributed by atoms with Crippen molar-refractivity contribution < 1.29 is 17.9 Å². The van der Waals surface area contributed by atoms with E-state index in [1.54, 1.807) is 18.3 Å². The third-order valence-electron chi connectivity index (χ3n) is 5.52. The highest BCUT2D eigenvalue weighted by atomic mass is 35.5. The standard InChI is InChI=1S/C20H24ClN5O4S/c21-18-17(4-2-7-22-18)31(28,29)26-9-5-15(6-10-26)20(27)24-16-3-1-8-23-19(16)25-11-13-30-14-12-25/h1-4,7-8,15H,5-6,9-14H2,(H,24,27). The Hall–Kier alpha value is -2.27. The van der Waals surface area contributed by atoms with Crippen LogP contribution in [0.5, 0.6) is 0 Å². The first-order valence-electron chi connectivity index (χ1n) is 10.2. The van der Waals surface area contributed by atoms with Gasteiger partial charge in [-0.3, -0.25) is 4.79 Å². The van der Waals surface area contributed by atoms with Crippen molar-refractivity contribution in [1.29, 1.82) is 0 Å². The summed E-state index contributed by atoms with van der Waals surface area (Å²) in [5, 5.41) is 2.94. The van der Waals surface area contributed by atoms with Gasteiger partial charge in [0.25, 0.3) is 0 Å². The zero-order valence-corrected chi connectivity index (χ0v) is 18.5. The summed E-state index contributed by atoms with van der Waals surface area (Å²) >= 11 is 5.98. The normalized spacial score (nSPS) is 18.7. The Morgan fingerprint density at radius 2 is 1.74 bits per heavy atom. The molecule has 4 rings (SSSR count). The zero-order valence-electron chi connectivity index (χ0n) is 16.9. The number of morpholine rings is 1. The molecular formula is C20H24ClN5O4S. The molecule has 2 saturated heterocycles. The molecule has 11 heteroatoms. The van der Waals surface area contributed by atoms with Crippen molar-refractivity contribution in [2.45, 2.75) is 17.7 Å². The maximum atomic E-state index is 12.9. The van der Waals surface area contributed by atoms with Crippen LogP contribution in [0.1, 0.15) is 12.8 Å². The Morgan fingerprint density at radius 3 is 2.45 bits per heavy atom. The van der Waals surface area contributed by atoms with E-state index in [9.17, 15) is 13.2 Å². The van der Waals surface area contributed by atoms with Crippen molar-refractivity contribution in [3.05, 3.63) is 41.8 Å². The maximum Gasteiger partial charge on any atom is 0.246 e. The van der Waals surface area contributed by atoms with Gasteiger partial charge in [0.1, 0.15) is 10.0 Å². The molecule has 0 aliphatic carbocycles. The van der Waals surface area contributed by atoms with Gasteiger partial charge in [0.2, 0.25) is 15.9 Å². The predicted octanol–water partition coefficient (Wildman–Crippen LogP) is 2.01. The molecule has 0 unspecified atom stereocenters. The number of ether oxygens (including phenoxy) is 1. The molecule has 0 bridgehead atoms. The fraction of sp³-hybridized carbons (Fsp3) is 0.450. The van der Waals surface area contributed by atoms with Gasteiger partial charge in [-0.05, 0) is 37.1 Å². The number of hydrogen-bond acceptors (Lipinski definition) is 7. The van der Waals surface area contributed by atoms with Crippen molar-refractivity contribution in [3.8, 4) is 0 Å². The molecular weight excluding hydrogens is 442 g/mol. The Morgan fingerprint density at radius 1 is 1.06 bits per heavy atom. The van der Waals surface area contributed by atoms with Crippen molar-refractivity contribution >= 4 is 39.0 Å². The Bertz CT molecular complexity index is 1040. The molecule has 2 aromatic rings. The fourth-order valence-electron chi connectivity index (χ4n) is 3.82. The van der Waals surface area contributed by atoms with E-state index in [0.717, 1.165) is 5.82 Å². The van der Waals surface area contributed by atoms with Gasteiger partial charge in [0.15, 0.2) is 5.82 Å². The molecule has 2 aliphatic heterocycles. The van der Waals surface area contributed by atoms with E-state index in [4.69, 9.17) is 16.3 Å². The topological polar surface area (TPSA) is 105 Å². The summed E-state index contributed by atoms with van der Waals surface area (Å²) in [6.07, 6.45) is 4.00. The minimum absolute atomic E-state index is 0.00918. The Kier molecular flexibility index (Phi) is 6.71. The monoisotopic (exact) mass is 465 g/mol. The fourth-order valence-corrected chi connectivity index (χ4v) is 5.72. The number of hydrogen-bond donors (Lipinski definition) is 1. The molecule has 166 valence electrons. The highest BCUT2D eigenvalue weighted by Crippen LogP contribution is 2.29. The van der Waals surface area contributed by atoms with Crippen LogP contribution in [0.2, 0.25) is 5.15 Å². The second-order valence-electron chi connectivity index (χ2n) is 7.43. The molecule has 0 aromatic carbocycles. The van der Waals surface area contributed by atoms with Crippen LogP contribution in [0.3, 0.4) is 0 Å². The molecule has 2 fully saturated rings. The summed E-state index contributed by atoms with van der Waals surface area (Å²) in [5.41, 5.74) is 0.659. The lowest BCUT2D eigenvalue weighted by Crippen LogP contribution is -2.42. The number of amides is 1. The van der Waals surface area contributed by atoms with Crippen molar-refractivity contribution in [2.75, 3.05) is 49.6 Å². The quantitative estimate of drug-likeness (QED) is 0.673. The van der Waals surface area contributed by atoms with E-state index in [0.29, 0.717) is 44.8 Å². The lowest BCUT2D eigenvalue weighted by atomic mass is 9.97. The first-order valence-corrected chi connectivity index (χ1v) is 12.0. The number of pyridine rings is 2. The second-order valence-corrected chi connectivity index (χ2v) is 9.70. The van der Waals surface area contributed by atoms with Gasteiger partial charge in [0, 0.05) is 44.5 Å². The van der Waals surface area contributed by atoms with E-state index in [1.807, 2.05) is 6.07 Å². The van der Waals surface area contributed by atoms with Crippen LogP contribution >= 0.6 is 11.6 Å². The average molecular weight is 466 g/mol. The molecule has 2 aliphatic rings. The van der Waals surface area contributed by atoms with Gasteiger partial charge in [-0.2, -0.15) is 4.31 Å². The van der Waals surface area contributed by atoms with Crippen LogP contribution in [-0.2, 0) is 19.6 Å². The van der Waals surface area contributed by atoms with Crippen LogP contribution in [0.4, 0.5) is 11.5 Å². The molecule has 0 spiro atoms. The van der Waals surface area contributed by atoms with E-state index >= 15 is 0 Å². The van der Waals surface area contributed by atoms with Gasteiger partial charge in [-0.15, -0.1) is 0 Å². The summed E-state index contributed by atoms with van der Waals surface area (Å²) in [7, 11) is -3.74. The maximum absolute atomic E-state index is 12.9. The first kappa shape index (κ1) is 21.9. The number of piperidine rings is 1. The summed E-state index contributed by atoms with van der Waals surface area (Å²) in [6, 6.07) is 6.60. The van der Waals surface area contributed by atoms with E-state index in [2.05, 4.69) is 20.2 Å². The third-order valence-corrected chi connectivity index (χ3v) is 7.87. The van der Waals surface area contributed by atoms with Crippen molar-refractivity contribution in [1.82, 2.24) is 14.3 Å². The minimum Gasteiger partial charge on any atom is -0.378 e. The molecule has 0 atom stereocenters. The molecule has 1 amide bonds. The zero-order chi connectivity index (χ0) is 21.8. The van der Waals surface area contributed by atoms with Gasteiger partial charge in [-0.1, -0.05) is 11.6 Å². The van der Waals surface area contributed by atoms with Gasteiger partial charge >= 0.3 is 0 Å². The summed E-state index contributed by atoms with van der Waals surface area (Å²) < 4.78 is 32.5. The lowest BCUT2D eigenvalue weighted by Gasteiger charge is -2.32. The number of anilines is 2. The molecule has 2 aromatic heterocycles. The van der Waals surface area contributed by atoms with Crippen LogP contribution in [0.25, 0.3) is 0 Å². The van der Waals surface area contributed by atoms with Crippen molar-refractivity contribution in [2.24, 2.45) is 5.92 Å². The molecule has 0 saturated carbocycles. The molecule has 31 heavy (non-hydrogen) atoms. The van der Waals surface area contributed by atoms with Crippen molar-refractivity contribution in [3.63, 3.8) is 0 Å².